The fraction of sp³-hybridized carbons (Fsp3) is 0.438. The van der Waals surface area contributed by atoms with Crippen LogP contribution in [-0.4, -0.2) is 37.6 Å². The van der Waals surface area contributed by atoms with Gasteiger partial charge in [0.2, 0.25) is 5.91 Å². The summed E-state index contributed by atoms with van der Waals surface area (Å²) in [7, 11) is 0. The number of anilines is 1. The SMILES string of the molecule is CCOC(=O)c1cc(N2CC(C(=O)OCC)CC2=O)ccc1Cl. The molecule has 1 unspecified atom stereocenters. The number of halogens is 1. The first-order chi connectivity index (χ1) is 11.0. The molecular formula is C16H18ClNO5. The minimum Gasteiger partial charge on any atom is -0.466 e. The molecule has 0 bridgehead atoms. The standard InChI is InChI=1S/C16H18ClNO5/c1-3-22-15(20)10-7-14(19)18(9-10)11-5-6-13(17)12(8-11)16(21)23-4-2/h5-6,8,10H,3-4,7,9H2,1-2H3. The molecule has 0 saturated carbocycles. The van der Waals surface area contributed by atoms with Gasteiger partial charge in [0.25, 0.3) is 0 Å². The molecular weight excluding hydrogens is 322 g/mol. The van der Waals surface area contributed by atoms with Gasteiger partial charge in [0.05, 0.1) is 29.7 Å². The molecule has 1 aromatic rings. The number of amides is 1. The van der Waals surface area contributed by atoms with Gasteiger partial charge in [-0.2, -0.15) is 0 Å². The largest absolute Gasteiger partial charge is 0.466 e. The molecule has 1 aliphatic heterocycles. The maximum atomic E-state index is 12.2. The molecule has 0 spiro atoms. The van der Waals surface area contributed by atoms with Gasteiger partial charge in [0.1, 0.15) is 0 Å². The van der Waals surface area contributed by atoms with Crippen molar-refractivity contribution in [3.8, 4) is 0 Å². The Morgan fingerprint density at radius 1 is 1.26 bits per heavy atom. The predicted molar refractivity (Wildman–Crippen MR) is 84.5 cm³/mol. The van der Waals surface area contributed by atoms with Gasteiger partial charge < -0.3 is 14.4 Å². The molecule has 1 fully saturated rings. The van der Waals surface area contributed by atoms with Gasteiger partial charge in [-0.15, -0.1) is 0 Å². The lowest BCUT2D eigenvalue weighted by Gasteiger charge is -2.17. The highest BCUT2D eigenvalue weighted by Crippen LogP contribution is 2.29. The number of esters is 2. The van der Waals surface area contributed by atoms with Crippen LogP contribution in [0.25, 0.3) is 0 Å². The number of hydrogen-bond donors (Lipinski definition) is 0. The average molecular weight is 340 g/mol. The molecule has 1 aromatic carbocycles. The fourth-order valence-electron chi connectivity index (χ4n) is 2.42. The van der Waals surface area contributed by atoms with Crippen molar-refractivity contribution < 1.29 is 23.9 Å². The van der Waals surface area contributed by atoms with Crippen molar-refractivity contribution in [1.29, 1.82) is 0 Å². The van der Waals surface area contributed by atoms with Crippen molar-refractivity contribution in [1.82, 2.24) is 0 Å². The lowest BCUT2D eigenvalue weighted by molar-refractivity contribution is -0.147. The molecule has 124 valence electrons. The van der Waals surface area contributed by atoms with Crippen LogP contribution in [0.3, 0.4) is 0 Å². The van der Waals surface area contributed by atoms with Crippen LogP contribution < -0.4 is 4.90 Å². The average Bonchev–Trinajstić information content (AvgIpc) is 2.90. The predicted octanol–water partition coefficient (Wildman–Crippen LogP) is 2.43. The number of ether oxygens (including phenoxy) is 2. The molecule has 0 N–H and O–H groups in total. The summed E-state index contributed by atoms with van der Waals surface area (Å²) in [5.74, 6) is -1.62. The summed E-state index contributed by atoms with van der Waals surface area (Å²) in [6.45, 7) is 4.15. The highest BCUT2D eigenvalue weighted by Gasteiger charge is 2.36. The van der Waals surface area contributed by atoms with Crippen molar-refractivity contribution in [2.75, 3.05) is 24.7 Å². The van der Waals surface area contributed by atoms with Crippen molar-refractivity contribution in [2.45, 2.75) is 20.3 Å². The molecule has 7 heteroatoms. The summed E-state index contributed by atoms with van der Waals surface area (Å²) in [5.41, 5.74) is 0.702. The first kappa shape index (κ1) is 17.3. The smallest absolute Gasteiger partial charge is 0.339 e. The Morgan fingerprint density at radius 2 is 1.96 bits per heavy atom. The van der Waals surface area contributed by atoms with Gasteiger partial charge in [-0.1, -0.05) is 11.6 Å². The lowest BCUT2D eigenvalue weighted by Crippen LogP contribution is -2.26. The van der Waals surface area contributed by atoms with Crippen LogP contribution in [-0.2, 0) is 19.1 Å². The molecule has 2 rings (SSSR count). The number of carbonyl (C=O) groups excluding carboxylic acids is 3. The second-order valence-corrected chi connectivity index (χ2v) is 5.45. The number of nitrogens with zero attached hydrogens (tertiary/aromatic N) is 1. The third-order valence-electron chi connectivity index (χ3n) is 3.50. The third kappa shape index (κ3) is 3.82. The molecule has 0 aliphatic carbocycles. The zero-order valence-corrected chi connectivity index (χ0v) is 13.8. The minimum atomic E-state index is -0.548. The van der Waals surface area contributed by atoms with Gasteiger partial charge >= 0.3 is 11.9 Å². The van der Waals surface area contributed by atoms with Gasteiger partial charge in [-0.25, -0.2) is 4.79 Å². The van der Waals surface area contributed by atoms with E-state index in [2.05, 4.69) is 0 Å². The van der Waals surface area contributed by atoms with E-state index in [1.807, 2.05) is 0 Å². The van der Waals surface area contributed by atoms with Crippen molar-refractivity contribution in [3.63, 3.8) is 0 Å². The van der Waals surface area contributed by atoms with Crippen molar-refractivity contribution >= 4 is 35.1 Å². The van der Waals surface area contributed by atoms with Crippen LogP contribution in [0.4, 0.5) is 5.69 Å². The van der Waals surface area contributed by atoms with E-state index in [1.165, 1.54) is 17.0 Å². The summed E-state index contributed by atoms with van der Waals surface area (Å²) >= 11 is 6.01. The molecule has 0 aromatic heterocycles. The molecule has 0 radical (unpaired) electrons. The molecule has 1 aliphatic rings. The van der Waals surface area contributed by atoms with Crippen LogP contribution in [0.15, 0.2) is 18.2 Å². The van der Waals surface area contributed by atoms with Crippen LogP contribution in [0.1, 0.15) is 30.6 Å². The zero-order valence-electron chi connectivity index (χ0n) is 13.0. The van der Waals surface area contributed by atoms with Gasteiger partial charge in [0.15, 0.2) is 0 Å². The second kappa shape index (κ2) is 7.46. The molecule has 1 atom stereocenters. The van der Waals surface area contributed by atoms with Gasteiger partial charge in [0, 0.05) is 18.7 Å². The highest BCUT2D eigenvalue weighted by molar-refractivity contribution is 6.33. The third-order valence-corrected chi connectivity index (χ3v) is 3.83. The first-order valence-corrected chi connectivity index (χ1v) is 7.79. The van der Waals surface area contributed by atoms with E-state index in [0.29, 0.717) is 5.69 Å². The number of benzene rings is 1. The van der Waals surface area contributed by atoms with E-state index in [4.69, 9.17) is 21.1 Å². The summed E-state index contributed by atoms with van der Waals surface area (Å²) in [6.07, 6.45) is 0.0935. The maximum absolute atomic E-state index is 12.2. The van der Waals surface area contributed by atoms with Crippen LogP contribution in [0.2, 0.25) is 5.02 Å². The van der Waals surface area contributed by atoms with E-state index in [0.717, 1.165) is 0 Å². The number of carbonyl (C=O) groups is 3. The Morgan fingerprint density at radius 3 is 2.61 bits per heavy atom. The van der Waals surface area contributed by atoms with E-state index in [9.17, 15) is 14.4 Å². The van der Waals surface area contributed by atoms with E-state index in [-0.39, 0.29) is 48.6 Å². The summed E-state index contributed by atoms with van der Waals surface area (Å²) in [4.78, 5) is 37.3. The topological polar surface area (TPSA) is 72.9 Å². The van der Waals surface area contributed by atoms with Crippen LogP contribution in [0, 0.1) is 5.92 Å². The molecule has 23 heavy (non-hydrogen) atoms. The number of hydrogen-bond acceptors (Lipinski definition) is 5. The Balaban J connectivity index is 2.22. The van der Waals surface area contributed by atoms with Crippen molar-refractivity contribution in [3.05, 3.63) is 28.8 Å². The second-order valence-electron chi connectivity index (χ2n) is 5.04. The molecule has 1 heterocycles. The Hall–Kier alpha value is -2.08. The highest BCUT2D eigenvalue weighted by atomic mass is 35.5. The quantitative estimate of drug-likeness (QED) is 0.770. The summed E-state index contributed by atoms with van der Waals surface area (Å²) in [5, 5.41) is 0.251. The lowest BCUT2D eigenvalue weighted by atomic mass is 10.1. The van der Waals surface area contributed by atoms with Crippen LogP contribution in [0.5, 0.6) is 0 Å². The maximum Gasteiger partial charge on any atom is 0.339 e. The molecule has 6 nitrogen and oxygen atoms in total. The monoisotopic (exact) mass is 339 g/mol. The molecule has 1 saturated heterocycles. The summed E-state index contributed by atoms with van der Waals surface area (Å²) in [6, 6.07) is 4.68. The van der Waals surface area contributed by atoms with Gasteiger partial charge in [-0.05, 0) is 32.0 Å². The fourth-order valence-corrected chi connectivity index (χ4v) is 2.62. The van der Waals surface area contributed by atoms with E-state index < -0.39 is 11.9 Å². The van der Waals surface area contributed by atoms with Crippen LogP contribution >= 0.6 is 11.6 Å². The minimum absolute atomic E-state index is 0.0935. The Kier molecular flexibility index (Phi) is 5.60. The Labute approximate surface area is 139 Å². The van der Waals surface area contributed by atoms with Crippen molar-refractivity contribution in [2.24, 2.45) is 5.92 Å². The summed E-state index contributed by atoms with van der Waals surface area (Å²) < 4.78 is 9.90. The first-order valence-electron chi connectivity index (χ1n) is 7.41. The molecule has 1 amide bonds. The normalized spacial score (nSPS) is 17.3. The Bertz CT molecular complexity index is 631. The zero-order chi connectivity index (χ0) is 17.0. The van der Waals surface area contributed by atoms with E-state index >= 15 is 0 Å². The van der Waals surface area contributed by atoms with E-state index in [1.54, 1.807) is 19.9 Å². The number of rotatable bonds is 5. The van der Waals surface area contributed by atoms with Gasteiger partial charge in [-0.3, -0.25) is 9.59 Å².